The molecule has 0 fully saturated rings. The first-order valence-electron chi connectivity index (χ1n) is 6.96. The van der Waals surface area contributed by atoms with Gasteiger partial charge in [-0.15, -0.1) is 0 Å². The van der Waals surface area contributed by atoms with Crippen LogP contribution in [0.1, 0.15) is 0 Å². The number of hydrogen-bond acceptors (Lipinski definition) is 5. The number of anilines is 1. The van der Waals surface area contributed by atoms with E-state index >= 15 is 0 Å². The minimum Gasteiger partial charge on any atom is -0.495 e. The highest BCUT2D eigenvalue weighted by Crippen LogP contribution is 2.35. The Morgan fingerprint density at radius 3 is 2.20 bits per heavy atom. The zero-order chi connectivity index (χ0) is 18.6. The van der Waals surface area contributed by atoms with Gasteiger partial charge in [0.25, 0.3) is 0 Å². The van der Waals surface area contributed by atoms with Crippen molar-refractivity contribution in [3.8, 4) is 11.5 Å². The summed E-state index contributed by atoms with van der Waals surface area (Å²) in [5, 5.41) is 3.13. The van der Waals surface area contributed by atoms with E-state index in [4.69, 9.17) is 32.7 Å². The first-order chi connectivity index (χ1) is 11.8. The fourth-order valence-corrected chi connectivity index (χ4v) is 3.54. The van der Waals surface area contributed by atoms with Crippen molar-refractivity contribution in [3.63, 3.8) is 0 Å². The molecular weight excluding hydrogens is 389 g/mol. The Hall–Kier alpha value is -1.96. The Bertz CT molecular complexity index is 882. The summed E-state index contributed by atoms with van der Waals surface area (Å²) in [6, 6.07) is 8.49. The topological polar surface area (TPSA) is 81.7 Å². The smallest absolute Gasteiger partial charge is 0.240 e. The monoisotopic (exact) mass is 403 g/mol. The lowest BCUT2D eigenvalue weighted by atomic mass is 10.2. The molecule has 0 aromatic heterocycles. The molecule has 0 bridgehead atoms. The molecule has 134 valence electrons. The maximum Gasteiger partial charge on any atom is 0.240 e. The summed E-state index contributed by atoms with van der Waals surface area (Å²) in [5.41, 5.74) is 0.240. The molecule has 0 saturated carbocycles. The van der Waals surface area contributed by atoms with Gasteiger partial charge < -0.3 is 14.8 Å². The number of methoxy groups -OCH3 is 2. The van der Waals surface area contributed by atoms with E-state index in [1.54, 1.807) is 0 Å². The Labute approximate surface area is 155 Å². The van der Waals surface area contributed by atoms with Gasteiger partial charge in [-0.25, -0.2) is 8.42 Å². The van der Waals surface area contributed by atoms with Crippen LogP contribution < -0.4 is 14.8 Å². The van der Waals surface area contributed by atoms with Crippen molar-refractivity contribution in [2.75, 3.05) is 25.3 Å². The molecule has 2 rings (SSSR count). The van der Waals surface area contributed by atoms with E-state index in [-0.39, 0.29) is 15.6 Å². The summed E-state index contributed by atoms with van der Waals surface area (Å²) >= 11 is 11.8. The van der Waals surface area contributed by atoms with Crippen molar-refractivity contribution < 1.29 is 22.7 Å². The Morgan fingerprint density at radius 1 is 1.04 bits per heavy atom. The number of carbonyl (C=O) groups excluding carboxylic acids is 1. The summed E-state index contributed by atoms with van der Waals surface area (Å²) in [6.45, 7) is 0. The van der Waals surface area contributed by atoms with Gasteiger partial charge in [0.1, 0.15) is 17.3 Å². The molecule has 0 spiro atoms. The molecule has 0 aliphatic carbocycles. The number of carbonyl (C=O) groups is 1. The van der Waals surface area contributed by atoms with Gasteiger partial charge in [0, 0.05) is 11.1 Å². The SMILES string of the molecule is COc1cc(OC)c(NC(=O)CS(=O)(=O)c2ccc(Cl)cc2)cc1Cl. The number of sulfone groups is 1. The van der Waals surface area contributed by atoms with Crippen molar-refractivity contribution >= 4 is 44.6 Å². The Balaban J connectivity index is 2.20. The molecule has 0 aliphatic rings. The number of benzene rings is 2. The third-order valence-corrected chi connectivity index (χ3v) is 5.42. The van der Waals surface area contributed by atoms with Crippen LogP contribution in [0, 0.1) is 0 Å². The van der Waals surface area contributed by atoms with Crippen LogP contribution in [-0.4, -0.2) is 34.3 Å². The lowest BCUT2D eigenvalue weighted by Crippen LogP contribution is -2.23. The first kappa shape index (κ1) is 19.4. The van der Waals surface area contributed by atoms with Crippen LogP contribution in [0.5, 0.6) is 11.5 Å². The lowest BCUT2D eigenvalue weighted by molar-refractivity contribution is -0.113. The van der Waals surface area contributed by atoms with Crippen molar-refractivity contribution in [1.82, 2.24) is 0 Å². The molecule has 0 heterocycles. The fourth-order valence-electron chi connectivity index (χ4n) is 2.04. The quantitative estimate of drug-likeness (QED) is 0.798. The maximum atomic E-state index is 12.3. The minimum atomic E-state index is -3.81. The van der Waals surface area contributed by atoms with Crippen LogP contribution in [-0.2, 0) is 14.6 Å². The van der Waals surface area contributed by atoms with Crippen molar-refractivity contribution in [3.05, 3.63) is 46.4 Å². The van der Waals surface area contributed by atoms with Gasteiger partial charge in [-0.2, -0.15) is 0 Å². The number of amides is 1. The van der Waals surface area contributed by atoms with Gasteiger partial charge in [0.15, 0.2) is 9.84 Å². The van der Waals surface area contributed by atoms with E-state index in [0.29, 0.717) is 16.5 Å². The maximum absolute atomic E-state index is 12.3. The summed E-state index contributed by atoms with van der Waals surface area (Å²) in [7, 11) is -0.960. The van der Waals surface area contributed by atoms with Crippen LogP contribution in [0.3, 0.4) is 0 Å². The predicted octanol–water partition coefficient (Wildman–Crippen LogP) is 3.42. The second-order valence-corrected chi connectivity index (χ2v) is 7.78. The third kappa shape index (κ3) is 4.78. The predicted molar refractivity (Wildman–Crippen MR) is 96.7 cm³/mol. The Morgan fingerprint density at radius 2 is 1.64 bits per heavy atom. The molecule has 1 N–H and O–H groups in total. The molecule has 6 nitrogen and oxygen atoms in total. The number of nitrogens with one attached hydrogen (secondary N) is 1. The van der Waals surface area contributed by atoms with E-state index in [2.05, 4.69) is 5.32 Å². The highest BCUT2D eigenvalue weighted by molar-refractivity contribution is 7.92. The molecule has 0 radical (unpaired) electrons. The molecule has 0 atom stereocenters. The largest absolute Gasteiger partial charge is 0.495 e. The van der Waals surface area contributed by atoms with Gasteiger partial charge in [0.05, 0.1) is 29.8 Å². The van der Waals surface area contributed by atoms with Crippen LogP contribution in [0.2, 0.25) is 10.0 Å². The number of hydrogen-bond donors (Lipinski definition) is 1. The zero-order valence-electron chi connectivity index (χ0n) is 13.4. The molecule has 0 saturated heterocycles. The molecule has 2 aromatic carbocycles. The number of halogens is 2. The van der Waals surface area contributed by atoms with E-state index < -0.39 is 21.5 Å². The van der Waals surface area contributed by atoms with Gasteiger partial charge >= 0.3 is 0 Å². The van der Waals surface area contributed by atoms with Gasteiger partial charge in [0.2, 0.25) is 5.91 Å². The van der Waals surface area contributed by atoms with Crippen LogP contribution in [0.15, 0.2) is 41.3 Å². The van der Waals surface area contributed by atoms with E-state index in [9.17, 15) is 13.2 Å². The van der Waals surface area contributed by atoms with Crippen molar-refractivity contribution in [2.24, 2.45) is 0 Å². The highest BCUT2D eigenvalue weighted by Gasteiger charge is 2.21. The Kier molecular flexibility index (Phi) is 6.16. The lowest BCUT2D eigenvalue weighted by Gasteiger charge is -2.13. The van der Waals surface area contributed by atoms with Gasteiger partial charge in [-0.1, -0.05) is 23.2 Å². The summed E-state index contributed by atoms with van der Waals surface area (Å²) in [5.74, 6) is -0.806. The molecule has 25 heavy (non-hydrogen) atoms. The normalized spacial score (nSPS) is 11.0. The number of rotatable bonds is 6. The molecule has 2 aromatic rings. The van der Waals surface area contributed by atoms with Crippen molar-refractivity contribution in [1.29, 1.82) is 0 Å². The van der Waals surface area contributed by atoms with Crippen LogP contribution >= 0.6 is 23.2 Å². The minimum absolute atomic E-state index is 0.00628. The fraction of sp³-hybridized carbons (Fsp3) is 0.188. The molecule has 9 heteroatoms. The third-order valence-electron chi connectivity index (χ3n) is 3.24. The van der Waals surface area contributed by atoms with Gasteiger partial charge in [-0.3, -0.25) is 4.79 Å². The molecule has 0 aliphatic heterocycles. The van der Waals surface area contributed by atoms with Crippen LogP contribution in [0.25, 0.3) is 0 Å². The molecule has 0 unspecified atom stereocenters. The molecular formula is C16H15Cl2NO5S. The second-order valence-electron chi connectivity index (χ2n) is 4.95. The van der Waals surface area contributed by atoms with E-state index in [1.165, 1.54) is 50.6 Å². The standard InChI is InChI=1S/C16H15Cl2NO5S/c1-23-14-8-15(24-2)13(7-12(14)18)19-16(20)9-25(21,22)11-5-3-10(17)4-6-11/h3-8H,9H2,1-2H3,(H,19,20). The zero-order valence-corrected chi connectivity index (χ0v) is 15.7. The highest BCUT2D eigenvalue weighted by atomic mass is 35.5. The summed E-state index contributed by atoms with van der Waals surface area (Å²) in [4.78, 5) is 12.2. The van der Waals surface area contributed by atoms with Crippen LogP contribution in [0.4, 0.5) is 5.69 Å². The average molecular weight is 404 g/mol. The van der Waals surface area contributed by atoms with Crippen molar-refractivity contribution in [2.45, 2.75) is 4.90 Å². The average Bonchev–Trinajstić information content (AvgIpc) is 2.55. The number of ether oxygens (including phenoxy) is 2. The van der Waals surface area contributed by atoms with E-state index in [1.807, 2.05) is 0 Å². The van der Waals surface area contributed by atoms with E-state index in [0.717, 1.165) is 0 Å². The molecule has 1 amide bonds. The van der Waals surface area contributed by atoms with Gasteiger partial charge in [-0.05, 0) is 30.3 Å². The second kappa shape index (κ2) is 7.95. The first-order valence-corrected chi connectivity index (χ1v) is 9.37. The summed E-state index contributed by atoms with van der Waals surface area (Å²) < 4.78 is 34.8. The summed E-state index contributed by atoms with van der Waals surface area (Å²) in [6.07, 6.45) is 0.